The van der Waals surface area contributed by atoms with Crippen molar-refractivity contribution in [1.82, 2.24) is 14.7 Å². The molecule has 3 heterocycles. The van der Waals surface area contributed by atoms with Gasteiger partial charge in [0, 0.05) is 63.6 Å². The molecule has 34 heavy (non-hydrogen) atoms. The van der Waals surface area contributed by atoms with Crippen LogP contribution in [0, 0.1) is 10.1 Å². The lowest BCUT2D eigenvalue weighted by Gasteiger charge is -2.39. The van der Waals surface area contributed by atoms with Gasteiger partial charge in [0.1, 0.15) is 0 Å². The standard InChI is InChI=1S/C26H32N4O4/c31-26-28(22-12-16-34-17-13-22)19-25(21-4-2-1-3-5-21)29(26)23-10-14-27(15-11-23)18-20-6-8-24(9-7-20)30(32)33/h1-9,22-23,25H,10-19H2. The number of benzene rings is 2. The number of carbonyl (C=O) groups excluding carboxylic acids is 1. The quantitative estimate of drug-likeness (QED) is 0.473. The first-order chi connectivity index (χ1) is 16.6. The molecule has 1 atom stereocenters. The summed E-state index contributed by atoms with van der Waals surface area (Å²) in [6, 6.07) is 18.0. The number of nitro groups is 1. The number of hydrogen-bond acceptors (Lipinski definition) is 5. The lowest BCUT2D eigenvalue weighted by Crippen LogP contribution is -2.48. The molecule has 2 aromatic rings. The van der Waals surface area contributed by atoms with E-state index in [1.807, 2.05) is 18.2 Å². The smallest absolute Gasteiger partial charge is 0.321 e. The molecule has 3 aliphatic rings. The summed E-state index contributed by atoms with van der Waals surface area (Å²) >= 11 is 0. The van der Waals surface area contributed by atoms with Crippen LogP contribution >= 0.6 is 0 Å². The van der Waals surface area contributed by atoms with E-state index in [-0.39, 0.29) is 34.8 Å². The van der Waals surface area contributed by atoms with E-state index in [4.69, 9.17) is 4.74 Å². The number of carbonyl (C=O) groups is 1. The molecule has 8 nitrogen and oxygen atoms in total. The average molecular weight is 465 g/mol. The lowest BCUT2D eigenvalue weighted by molar-refractivity contribution is -0.384. The van der Waals surface area contributed by atoms with Crippen molar-refractivity contribution in [3.8, 4) is 0 Å². The van der Waals surface area contributed by atoms with E-state index in [0.29, 0.717) is 0 Å². The van der Waals surface area contributed by atoms with Crippen LogP contribution in [0.5, 0.6) is 0 Å². The molecule has 0 N–H and O–H groups in total. The van der Waals surface area contributed by atoms with Gasteiger partial charge in [0.2, 0.25) is 0 Å². The van der Waals surface area contributed by atoms with Crippen molar-refractivity contribution in [2.24, 2.45) is 0 Å². The van der Waals surface area contributed by atoms with Crippen LogP contribution in [-0.4, -0.2) is 70.6 Å². The van der Waals surface area contributed by atoms with Crippen LogP contribution in [0.25, 0.3) is 0 Å². The Balaban J connectivity index is 1.26. The van der Waals surface area contributed by atoms with Crippen molar-refractivity contribution in [1.29, 1.82) is 0 Å². The second-order valence-corrected chi connectivity index (χ2v) is 9.54. The van der Waals surface area contributed by atoms with Crippen molar-refractivity contribution in [3.05, 3.63) is 75.8 Å². The maximum absolute atomic E-state index is 13.7. The van der Waals surface area contributed by atoms with Crippen LogP contribution in [0.2, 0.25) is 0 Å². The van der Waals surface area contributed by atoms with Crippen molar-refractivity contribution in [2.45, 2.75) is 50.4 Å². The zero-order valence-corrected chi connectivity index (χ0v) is 19.4. The van der Waals surface area contributed by atoms with Gasteiger partial charge in [-0.2, -0.15) is 0 Å². The van der Waals surface area contributed by atoms with Gasteiger partial charge < -0.3 is 14.5 Å². The van der Waals surface area contributed by atoms with Crippen LogP contribution in [0.3, 0.4) is 0 Å². The second-order valence-electron chi connectivity index (χ2n) is 9.54. The van der Waals surface area contributed by atoms with Gasteiger partial charge >= 0.3 is 6.03 Å². The van der Waals surface area contributed by atoms with Gasteiger partial charge in [-0.15, -0.1) is 0 Å². The lowest BCUT2D eigenvalue weighted by atomic mass is 9.98. The van der Waals surface area contributed by atoms with Gasteiger partial charge in [-0.3, -0.25) is 15.0 Å². The van der Waals surface area contributed by atoms with Crippen molar-refractivity contribution >= 4 is 11.7 Å². The zero-order valence-electron chi connectivity index (χ0n) is 19.4. The minimum Gasteiger partial charge on any atom is -0.381 e. The molecule has 0 aliphatic carbocycles. The number of urea groups is 1. The topological polar surface area (TPSA) is 79.2 Å². The number of hydrogen-bond donors (Lipinski definition) is 0. The van der Waals surface area contributed by atoms with Crippen molar-refractivity contribution < 1.29 is 14.5 Å². The summed E-state index contributed by atoms with van der Waals surface area (Å²) in [6.07, 6.45) is 3.69. The Kier molecular flexibility index (Phi) is 6.78. The third-order valence-electron chi connectivity index (χ3n) is 7.49. The van der Waals surface area contributed by atoms with E-state index in [1.165, 1.54) is 5.56 Å². The number of amides is 2. The predicted octanol–water partition coefficient (Wildman–Crippen LogP) is 4.22. The summed E-state index contributed by atoms with van der Waals surface area (Å²) < 4.78 is 5.54. The molecule has 0 radical (unpaired) electrons. The highest BCUT2D eigenvalue weighted by molar-refractivity contribution is 5.78. The fraction of sp³-hybridized carbons (Fsp3) is 0.500. The Hall–Kier alpha value is -2.97. The Morgan fingerprint density at radius 3 is 2.24 bits per heavy atom. The molecular weight excluding hydrogens is 432 g/mol. The predicted molar refractivity (Wildman–Crippen MR) is 128 cm³/mol. The van der Waals surface area contributed by atoms with Crippen molar-refractivity contribution in [3.63, 3.8) is 0 Å². The van der Waals surface area contributed by atoms with Gasteiger partial charge in [-0.05, 0) is 36.8 Å². The van der Waals surface area contributed by atoms with Crippen LogP contribution in [0.4, 0.5) is 10.5 Å². The van der Waals surface area contributed by atoms with Gasteiger partial charge in [-0.25, -0.2) is 4.79 Å². The van der Waals surface area contributed by atoms with E-state index in [2.05, 4.69) is 39.0 Å². The largest absolute Gasteiger partial charge is 0.381 e. The number of nitrogens with zero attached hydrogens (tertiary/aromatic N) is 4. The van der Waals surface area contributed by atoms with Gasteiger partial charge in [-0.1, -0.05) is 42.5 Å². The van der Waals surface area contributed by atoms with E-state index in [9.17, 15) is 14.9 Å². The number of likely N-dealkylation sites (tertiary alicyclic amines) is 1. The van der Waals surface area contributed by atoms with Gasteiger partial charge in [0.15, 0.2) is 0 Å². The van der Waals surface area contributed by atoms with E-state index >= 15 is 0 Å². The molecule has 0 saturated carbocycles. The fourth-order valence-electron chi connectivity index (χ4n) is 5.62. The van der Waals surface area contributed by atoms with Gasteiger partial charge in [0.25, 0.3) is 5.69 Å². The summed E-state index contributed by atoms with van der Waals surface area (Å²) in [7, 11) is 0. The Morgan fingerprint density at radius 2 is 1.59 bits per heavy atom. The first kappa shape index (κ1) is 22.8. The number of rotatable bonds is 6. The number of ether oxygens (including phenoxy) is 1. The average Bonchev–Trinajstić information content (AvgIpc) is 3.23. The number of piperidine rings is 1. The molecule has 0 spiro atoms. The SMILES string of the molecule is O=C1N(C2CCOCC2)CC(c2ccccc2)N1C1CCN(Cc2ccc([N+](=O)[O-])cc2)CC1. The summed E-state index contributed by atoms with van der Waals surface area (Å²) in [5.41, 5.74) is 2.41. The summed E-state index contributed by atoms with van der Waals surface area (Å²) in [5.74, 6) is 0. The summed E-state index contributed by atoms with van der Waals surface area (Å²) in [4.78, 5) is 30.9. The molecule has 5 rings (SSSR count). The Labute approximate surface area is 200 Å². The Bertz CT molecular complexity index is 986. The fourth-order valence-corrected chi connectivity index (χ4v) is 5.62. The van der Waals surface area contributed by atoms with Crippen molar-refractivity contribution in [2.75, 3.05) is 32.8 Å². The summed E-state index contributed by atoms with van der Waals surface area (Å²) in [5, 5.41) is 10.9. The molecule has 3 saturated heterocycles. The minimum absolute atomic E-state index is 0.0859. The minimum atomic E-state index is -0.366. The molecule has 0 aromatic heterocycles. The molecule has 2 amide bonds. The van der Waals surface area contributed by atoms with Crippen LogP contribution in [0.1, 0.15) is 42.9 Å². The highest BCUT2D eigenvalue weighted by atomic mass is 16.6. The Morgan fingerprint density at radius 1 is 0.912 bits per heavy atom. The normalized spacial score (nSPS) is 22.9. The molecule has 2 aromatic carbocycles. The highest BCUT2D eigenvalue weighted by Crippen LogP contribution is 2.37. The monoisotopic (exact) mass is 464 g/mol. The summed E-state index contributed by atoms with van der Waals surface area (Å²) in [6.45, 7) is 4.79. The number of nitro benzene ring substituents is 1. The van der Waals surface area contributed by atoms with Crippen LogP contribution in [-0.2, 0) is 11.3 Å². The molecule has 180 valence electrons. The first-order valence-corrected chi connectivity index (χ1v) is 12.3. The molecular formula is C26H32N4O4. The highest BCUT2D eigenvalue weighted by Gasteiger charge is 2.45. The second kappa shape index (κ2) is 10.1. The van der Waals surface area contributed by atoms with E-state index < -0.39 is 0 Å². The molecule has 1 unspecified atom stereocenters. The maximum atomic E-state index is 13.7. The first-order valence-electron chi connectivity index (χ1n) is 12.3. The third-order valence-corrected chi connectivity index (χ3v) is 7.49. The molecule has 3 fully saturated rings. The third kappa shape index (κ3) is 4.79. The molecule has 0 bridgehead atoms. The molecule has 8 heteroatoms. The van der Waals surface area contributed by atoms with Crippen LogP contribution in [0.15, 0.2) is 54.6 Å². The number of non-ortho nitro benzene ring substituents is 1. The zero-order chi connectivity index (χ0) is 23.5. The maximum Gasteiger partial charge on any atom is 0.321 e. The van der Waals surface area contributed by atoms with Gasteiger partial charge in [0.05, 0.1) is 11.0 Å². The van der Waals surface area contributed by atoms with Crippen LogP contribution < -0.4 is 0 Å². The van der Waals surface area contributed by atoms with E-state index in [0.717, 1.165) is 70.6 Å². The van der Waals surface area contributed by atoms with E-state index in [1.54, 1.807) is 12.1 Å². The molecule has 3 aliphatic heterocycles.